The van der Waals surface area contributed by atoms with Crippen molar-refractivity contribution >= 4 is 23.5 Å². The van der Waals surface area contributed by atoms with Gasteiger partial charge >= 0.3 is 0 Å². The first-order valence-electron chi connectivity index (χ1n) is 5.92. The third kappa shape index (κ3) is 3.17. The molecule has 2 aromatic rings. The van der Waals surface area contributed by atoms with E-state index in [4.69, 9.17) is 0 Å². The number of thioether (sulfide) groups is 1. The molecule has 2 aromatic carbocycles. The summed E-state index contributed by atoms with van der Waals surface area (Å²) in [4.78, 5) is 1.28. The number of hydrogen-bond acceptors (Lipinski definition) is 2. The van der Waals surface area contributed by atoms with Gasteiger partial charge in [0.05, 0.1) is 0 Å². The molecule has 2 rings (SSSR count). The molecule has 0 atom stereocenters. The quantitative estimate of drug-likeness (QED) is 0.780. The molecule has 0 fully saturated rings. The van der Waals surface area contributed by atoms with Crippen molar-refractivity contribution in [2.24, 2.45) is 0 Å². The van der Waals surface area contributed by atoms with Crippen LogP contribution in [0.4, 0.5) is 5.69 Å². The summed E-state index contributed by atoms with van der Waals surface area (Å²) in [6.45, 7) is 4.60. The summed E-state index contributed by atoms with van der Waals surface area (Å²) in [6, 6.07) is 16.8. The Bertz CT molecular complexity index is 517. The third-order valence-corrected chi connectivity index (χ3v) is 3.60. The van der Waals surface area contributed by atoms with Gasteiger partial charge in [0.25, 0.3) is 0 Å². The molecule has 0 aliphatic rings. The van der Waals surface area contributed by atoms with E-state index in [1.54, 1.807) is 11.8 Å². The fourth-order valence-electron chi connectivity index (χ4n) is 1.76. The average Bonchev–Trinajstić information content (AvgIpc) is 2.46. The molecule has 0 heterocycles. The zero-order valence-corrected chi connectivity index (χ0v) is 11.3. The van der Waals surface area contributed by atoms with Crippen LogP contribution in [0.1, 0.15) is 11.1 Å². The lowest BCUT2D eigenvalue weighted by Gasteiger charge is -2.10. The number of rotatable bonds is 5. The lowest BCUT2D eigenvalue weighted by molar-refractivity contribution is 1.13. The molecule has 0 saturated heterocycles. The fraction of sp³-hybridized carbons (Fsp3) is 0.125. The van der Waals surface area contributed by atoms with Gasteiger partial charge in [-0.2, -0.15) is 0 Å². The van der Waals surface area contributed by atoms with Crippen LogP contribution in [-0.2, 0) is 6.54 Å². The van der Waals surface area contributed by atoms with E-state index in [1.807, 2.05) is 6.08 Å². The molecule has 0 aliphatic carbocycles. The van der Waals surface area contributed by atoms with E-state index in [2.05, 4.69) is 66.7 Å². The molecule has 0 aromatic heterocycles. The number of hydrogen-bond donors (Lipinski definition) is 1. The van der Waals surface area contributed by atoms with Gasteiger partial charge in [-0.25, -0.2) is 0 Å². The Morgan fingerprint density at radius 1 is 1.11 bits per heavy atom. The van der Waals surface area contributed by atoms with Crippen LogP contribution in [0.15, 0.2) is 60.0 Å². The second-order valence-corrected chi connectivity index (χ2v) is 4.85. The third-order valence-electron chi connectivity index (χ3n) is 2.81. The van der Waals surface area contributed by atoms with Gasteiger partial charge in [-0.15, -0.1) is 11.8 Å². The smallest absolute Gasteiger partial charge is 0.0480 e. The molecule has 0 amide bonds. The van der Waals surface area contributed by atoms with E-state index < -0.39 is 0 Å². The summed E-state index contributed by atoms with van der Waals surface area (Å²) < 4.78 is 0. The lowest BCUT2D eigenvalue weighted by atomic mass is 10.1. The first-order valence-corrected chi connectivity index (χ1v) is 7.14. The van der Waals surface area contributed by atoms with Gasteiger partial charge in [0, 0.05) is 17.1 Å². The molecule has 0 radical (unpaired) electrons. The van der Waals surface area contributed by atoms with Gasteiger partial charge in [0.2, 0.25) is 0 Å². The molecular formula is C16H17NS. The second kappa shape index (κ2) is 6.31. The standard InChI is InChI=1S/C16H17NS/c1-3-13-8-10-14(11-9-13)12-17-15-6-4-5-7-16(15)18-2/h3-11,17H,1,12H2,2H3. The summed E-state index contributed by atoms with van der Waals surface area (Å²) in [6.07, 6.45) is 3.96. The summed E-state index contributed by atoms with van der Waals surface area (Å²) in [5.41, 5.74) is 3.62. The summed E-state index contributed by atoms with van der Waals surface area (Å²) >= 11 is 1.76. The van der Waals surface area contributed by atoms with Crippen LogP contribution in [0.2, 0.25) is 0 Å². The maximum atomic E-state index is 3.76. The highest BCUT2D eigenvalue weighted by molar-refractivity contribution is 7.98. The number of benzene rings is 2. The van der Waals surface area contributed by atoms with Crippen molar-refractivity contribution in [1.29, 1.82) is 0 Å². The van der Waals surface area contributed by atoms with Crippen LogP contribution in [-0.4, -0.2) is 6.26 Å². The summed E-state index contributed by atoms with van der Waals surface area (Å²) in [5.74, 6) is 0. The van der Waals surface area contributed by atoms with Crippen LogP contribution in [0.5, 0.6) is 0 Å². The Morgan fingerprint density at radius 3 is 2.50 bits per heavy atom. The van der Waals surface area contributed by atoms with Gasteiger partial charge in [-0.3, -0.25) is 0 Å². The van der Waals surface area contributed by atoms with Crippen LogP contribution in [0.25, 0.3) is 6.08 Å². The monoisotopic (exact) mass is 255 g/mol. The Balaban J connectivity index is 2.04. The predicted octanol–water partition coefficient (Wildman–Crippen LogP) is 4.66. The SMILES string of the molecule is C=Cc1ccc(CNc2ccccc2SC)cc1. The largest absolute Gasteiger partial charge is 0.380 e. The first kappa shape index (κ1) is 12.8. The maximum Gasteiger partial charge on any atom is 0.0480 e. The van der Waals surface area contributed by atoms with Crippen molar-refractivity contribution in [2.75, 3.05) is 11.6 Å². The van der Waals surface area contributed by atoms with Gasteiger partial charge in [0.15, 0.2) is 0 Å². The minimum atomic E-state index is 0.842. The van der Waals surface area contributed by atoms with Crippen molar-refractivity contribution in [3.05, 3.63) is 66.2 Å². The van der Waals surface area contributed by atoms with E-state index in [9.17, 15) is 0 Å². The van der Waals surface area contributed by atoms with Crippen molar-refractivity contribution in [3.8, 4) is 0 Å². The van der Waals surface area contributed by atoms with Crippen molar-refractivity contribution < 1.29 is 0 Å². The molecule has 1 nitrogen and oxygen atoms in total. The van der Waals surface area contributed by atoms with E-state index in [0.717, 1.165) is 12.1 Å². The van der Waals surface area contributed by atoms with E-state index in [1.165, 1.54) is 16.1 Å². The molecule has 92 valence electrons. The van der Waals surface area contributed by atoms with Gasteiger partial charge in [-0.05, 0) is 29.5 Å². The molecule has 18 heavy (non-hydrogen) atoms. The molecule has 0 unspecified atom stereocenters. The number of para-hydroxylation sites is 1. The highest BCUT2D eigenvalue weighted by Gasteiger charge is 1.99. The molecule has 1 N–H and O–H groups in total. The second-order valence-electron chi connectivity index (χ2n) is 4.00. The maximum absolute atomic E-state index is 3.76. The number of nitrogens with one attached hydrogen (secondary N) is 1. The van der Waals surface area contributed by atoms with Crippen molar-refractivity contribution in [3.63, 3.8) is 0 Å². The lowest BCUT2D eigenvalue weighted by Crippen LogP contribution is -2.00. The molecule has 0 spiro atoms. The zero-order chi connectivity index (χ0) is 12.8. The van der Waals surface area contributed by atoms with E-state index in [0.29, 0.717) is 0 Å². The Morgan fingerprint density at radius 2 is 1.83 bits per heavy atom. The molecule has 2 heteroatoms. The molecule has 0 saturated carbocycles. The molecular weight excluding hydrogens is 238 g/mol. The fourth-order valence-corrected chi connectivity index (χ4v) is 2.33. The Hall–Kier alpha value is -1.67. The van der Waals surface area contributed by atoms with E-state index >= 15 is 0 Å². The van der Waals surface area contributed by atoms with Crippen LogP contribution >= 0.6 is 11.8 Å². The minimum absolute atomic E-state index is 0.842. The van der Waals surface area contributed by atoms with Crippen LogP contribution in [0, 0.1) is 0 Å². The van der Waals surface area contributed by atoms with Gasteiger partial charge < -0.3 is 5.32 Å². The van der Waals surface area contributed by atoms with Gasteiger partial charge in [-0.1, -0.05) is 49.1 Å². The van der Waals surface area contributed by atoms with Crippen LogP contribution < -0.4 is 5.32 Å². The average molecular weight is 255 g/mol. The predicted molar refractivity (Wildman–Crippen MR) is 82.1 cm³/mol. The number of anilines is 1. The highest BCUT2D eigenvalue weighted by atomic mass is 32.2. The zero-order valence-electron chi connectivity index (χ0n) is 10.5. The molecule has 0 aliphatic heterocycles. The molecule has 0 bridgehead atoms. The Labute approximate surface area is 113 Å². The summed E-state index contributed by atoms with van der Waals surface area (Å²) in [5, 5.41) is 3.47. The van der Waals surface area contributed by atoms with Crippen molar-refractivity contribution in [2.45, 2.75) is 11.4 Å². The normalized spacial score (nSPS) is 10.1. The first-order chi connectivity index (χ1) is 8.83. The highest BCUT2D eigenvalue weighted by Crippen LogP contribution is 2.25. The van der Waals surface area contributed by atoms with E-state index in [-0.39, 0.29) is 0 Å². The minimum Gasteiger partial charge on any atom is -0.380 e. The topological polar surface area (TPSA) is 12.0 Å². The Kier molecular flexibility index (Phi) is 4.48. The van der Waals surface area contributed by atoms with Crippen LogP contribution in [0.3, 0.4) is 0 Å². The van der Waals surface area contributed by atoms with Crippen molar-refractivity contribution in [1.82, 2.24) is 0 Å². The van der Waals surface area contributed by atoms with Gasteiger partial charge in [0.1, 0.15) is 0 Å². The summed E-state index contributed by atoms with van der Waals surface area (Å²) in [7, 11) is 0.